The summed E-state index contributed by atoms with van der Waals surface area (Å²) in [5.41, 5.74) is 0.521. The number of ether oxygens (including phenoxy) is 1. The van der Waals surface area contributed by atoms with Crippen molar-refractivity contribution in [2.24, 2.45) is 23.2 Å². The van der Waals surface area contributed by atoms with Gasteiger partial charge in [0.05, 0.1) is 12.2 Å². The smallest absolute Gasteiger partial charge is 0.0551 e. The van der Waals surface area contributed by atoms with E-state index in [1.165, 1.54) is 19.3 Å². The van der Waals surface area contributed by atoms with Crippen LogP contribution in [-0.4, -0.2) is 24.3 Å². The molecule has 5 atom stereocenters. The first-order chi connectivity index (χ1) is 10.5. The second kappa shape index (κ2) is 8.85. The van der Waals surface area contributed by atoms with Crippen molar-refractivity contribution in [2.75, 3.05) is 0 Å². The van der Waals surface area contributed by atoms with Gasteiger partial charge in [-0.25, -0.2) is 0 Å². The molecule has 0 amide bonds. The van der Waals surface area contributed by atoms with Gasteiger partial charge in [-0.1, -0.05) is 27.7 Å². The van der Waals surface area contributed by atoms with Crippen LogP contribution in [0.3, 0.4) is 0 Å². The van der Waals surface area contributed by atoms with Crippen LogP contribution in [0, 0.1) is 23.2 Å². The van der Waals surface area contributed by atoms with Crippen molar-refractivity contribution >= 4 is 0 Å². The molecule has 0 radical (unpaired) electrons. The van der Waals surface area contributed by atoms with E-state index in [9.17, 15) is 0 Å². The van der Waals surface area contributed by atoms with Gasteiger partial charge >= 0.3 is 0 Å². The van der Waals surface area contributed by atoms with Crippen molar-refractivity contribution in [1.29, 1.82) is 0 Å². The lowest BCUT2D eigenvalue weighted by atomic mass is 9.50. The molecule has 2 nitrogen and oxygen atoms in total. The van der Waals surface area contributed by atoms with Gasteiger partial charge in [0.2, 0.25) is 0 Å². The van der Waals surface area contributed by atoms with Gasteiger partial charge in [0.25, 0.3) is 0 Å². The lowest BCUT2D eigenvalue weighted by Crippen LogP contribution is -2.50. The molecule has 2 heteroatoms. The Hall–Kier alpha value is -0.0800. The van der Waals surface area contributed by atoms with Crippen LogP contribution in [0.15, 0.2) is 0 Å². The van der Waals surface area contributed by atoms with E-state index in [0.717, 1.165) is 24.2 Å². The summed E-state index contributed by atoms with van der Waals surface area (Å²) in [6.45, 7) is 20.8. The monoisotopic (exact) mass is 325 g/mol. The fraction of sp³-hybridized carbons (Fsp3) is 1.00. The van der Waals surface area contributed by atoms with Gasteiger partial charge in [0.15, 0.2) is 0 Å². The minimum Gasteiger partial charge on any atom is -0.376 e. The van der Waals surface area contributed by atoms with Gasteiger partial charge in [0, 0.05) is 12.1 Å². The molecule has 1 N–H and O–H groups in total. The highest BCUT2D eigenvalue weighted by Gasteiger charge is 2.48. The highest BCUT2D eigenvalue weighted by molar-refractivity contribution is 4.98. The lowest BCUT2D eigenvalue weighted by Gasteiger charge is -2.55. The maximum absolute atomic E-state index is 5.83. The van der Waals surface area contributed by atoms with Crippen molar-refractivity contribution in [3.63, 3.8) is 0 Å². The second-order valence-electron chi connectivity index (χ2n) is 9.38. The molecule has 0 aromatic rings. The summed E-state index contributed by atoms with van der Waals surface area (Å²) < 4.78 is 5.83. The van der Waals surface area contributed by atoms with E-state index >= 15 is 0 Å². The summed E-state index contributed by atoms with van der Waals surface area (Å²) in [4.78, 5) is 0. The molecule has 1 aliphatic carbocycles. The van der Waals surface area contributed by atoms with Crippen molar-refractivity contribution in [1.82, 2.24) is 5.32 Å². The molecule has 5 unspecified atom stereocenters. The first kappa shape index (κ1) is 21.0. The second-order valence-corrected chi connectivity index (χ2v) is 9.38. The van der Waals surface area contributed by atoms with Crippen LogP contribution in [0.2, 0.25) is 0 Å². The van der Waals surface area contributed by atoms with Gasteiger partial charge < -0.3 is 10.1 Å². The van der Waals surface area contributed by atoms with Gasteiger partial charge in [-0.05, 0) is 83.5 Å². The standard InChI is InChI=1S/C21H43NO/c1-14(2)20-13-19(21(20,8)9)12-17(6)22-16(5)10-11-18(7)23-15(3)4/h14-20,22H,10-13H2,1-9H3. The highest BCUT2D eigenvalue weighted by Crippen LogP contribution is 2.56. The number of hydrogen-bond acceptors (Lipinski definition) is 2. The van der Waals surface area contributed by atoms with Crippen molar-refractivity contribution in [2.45, 2.75) is 112 Å². The van der Waals surface area contributed by atoms with E-state index < -0.39 is 0 Å². The molecule has 23 heavy (non-hydrogen) atoms. The Bertz CT molecular complexity index is 337. The minimum absolute atomic E-state index is 0.335. The van der Waals surface area contributed by atoms with Gasteiger partial charge in [0.1, 0.15) is 0 Å². The molecular formula is C21H43NO. The molecule has 0 saturated heterocycles. The Morgan fingerprint density at radius 3 is 2.04 bits per heavy atom. The molecule has 1 fully saturated rings. The summed E-state index contributed by atoms with van der Waals surface area (Å²) in [7, 11) is 0. The SMILES string of the molecule is CC(CCC(C)OC(C)C)NC(C)CC1CC(C(C)C)C1(C)C. The lowest BCUT2D eigenvalue weighted by molar-refractivity contribution is -0.0572. The third-order valence-electron chi connectivity index (χ3n) is 6.07. The van der Waals surface area contributed by atoms with E-state index in [1.54, 1.807) is 0 Å². The van der Waals surface area contributed by atoms with Crippen molar-refractivity contribution in [3.05, 3.63) is 0 Å². The largest absolute Gasteiger partial charge is 0.376 e. The Kier molecular flexibility index (Phi) is 8.07. The van der Waals surface area contributed by atoms with Crippen LogP contribution in [0.5, 0.6) is 0 Å². The molecule has 0 spiro atoms. The first-order valence-electron chi connectivity index (χ1n) is 9.95. The van der Waals surface area contributed by atoms with Crippen LogP contribution >= 0.6 is 0 Å². The predicted octanol–water partition coefficient (Wildman–Crippen LogP) is 5.66. The molecule has 1 aliphatic rings. The van der Waals surface area contributed by atoms with E-state index in [0.29, 0.717) is 29.7 Å². The van der Waals surface area contributed by atoms with Crippen LogP contribution in [0.4, 0.5) is 0 Å². The Morgan fingerprint density at radius 2 is 1.57 bits per heavy atom. The highest BCUT2D eigenvalue weighted by atomic mass is 16.5. The van der Waals surface area contributed by atoms with E-state index in [1.807, 2.05) is 0 Å². The number of rotatable bonds is 10. The maximum atomic E-state index is 5.83. The predicted molar refractivity (Wildman–Crippen MR) is 102 cm³/mol. The van der Waals surface area contributed by atoms with Crippen LogP contribution in [-0.2, 0) is 4.74 Å². The van der Waals surface area contributed by atoms with E-state index in [-0.39, 0.29) is 0 Å². The molecule has 0 aliphatic heterocycles. The van der Waals surface area contributed by atoms with Crippen molar-refractivity contribution in [3.8, 4) is 0 Å². The van der Waals surface area contributed by atoms with E-state index in [2.05, 4.69) is 67.6 Å². The molecule has 1 saturated carbocycles. The minimum atomic E-state index is 0.335. The quantitative estimate of drug-likeness (QED) is 0.560. The first-order valence-corrected chi connectivity index (χ1v) is 9.95. The number of hydrogen-bond donors (Lipinski definition) is 1. The third-order valence-corrected chi connectivity index (χ3v) is 6.07. The summed E-state index contributed by atoms with van der Waals surface area (Å²) in [6.07, 6.45) is 5.78. The van der Waals surface area contributed by atoms with Crippen molar-refractivity contribution < 1.29 is 4.74 Å². The Morgan fingerprint density at radius 1 is 0.957 bits per heavy atom. The summed E-state index contributed by atoms with van der Waals surface area (Å²) in [5, 5.41) is 3.81. The van der Waals surface area contributed by atoms with Crippen LogP contribution < -0.4 is 5.32 Å². The maximum Gasteiger partial charge on any atom is 0.0551 e. The van der Waals surface area contributed by atoms with Crippen LogP contribution in [0.1, 0.15) is 88.0 Å². The fourth-order valence-electron chi connectivity index (χ4n) is 4.67. The summed E-state index contributed by atoms with van der Waals surface area (Å²) in [5.74, 6) is 2.62. The van der Waals surface area contributed by atoms with Gasteiger partial charge in [-0.15, -0.1) is 0 Å². The van der Waals surface area contributed by atoms with Gasteiger partial charge in [-0.2, -0.15) is 0 Å². The third kappa shape index (κ3) is 6.38. The summed E-state index contributed by atoms with van der Waals surface area (Å²) in [6, 6.07) is 1.19. The normalized spacial score (nSPS) is 27.8. The summed E-state index contributed by atoms with van der Waals surface area (Å²) >= 11 is 0. The fourth-order valence-corrected chi connectivity index (χ4v) is 4.67. The zero-order valence-electron chi connectivity index (χ0n) is 17.3. The molecular weight excluding hydrogens is 282 g/mol. The number of nitrogens with one attached hydrogen (secondary N) is 1. The topological polar surface area (TPSA) is 21.3 Å². The molecule has 1 rings (SSSR count). The van der Waals surface area contributed by atoms with Gasteiger partial charge in [-0.3, -0.25) is 0 Å². The average molecular weight is 326 g/mol. The van der Waals surface area contributed by atoms with Crippen LogP contribution in [0.25, 0.3) is 0 Å². The molecule has 0 heterocycles. The Labute approximate surface area is 146 Å². The Balaban J connectivity index is 2.27. The zero-order chi connectivity index (χ0) is 17.8. The molecule has 0 aromatic heterocycles. The average Bonchev–Trinajstić information content (AvgIpc) is 2.39. The zero-order valence-corrected chi connectivity index (χ0v) is 17.3. The molecule has 0 aromatic carbocycles. The molecule has 138 valence electrons. The molecule has 0 bridgehead atoms. The van der Waals surface area contributed by atoms with E-state index in [4.69, 9.17) is 4.74 Å².